The summed E-state index contributed by atoms with van der Waals surface area (Å²) in [6.07, 6.45) is 2.13. The lowest BCUT2D eigenvalue weighted by molar-refractivity contribution is 0.0994. The smallest absolute Gasteiger partial charge is 0.292 e. The van der Waals surface area contributed by atoms with Gasteiger partial charge in [-0.15, -0.1) is 0 Å². The fourth-order valence-electron chi connectivity index (χ4n) is 2.59. The van der Waals surface area contributed by atoms with E-state index >= 15 is 0 Å². The lowest BCUT2D eigenvalue weighted by atomic mass is 10.1. The summed E-state index contributed by atoms with van der Waals surface area (Å²) in [7, 11) is 3.22. The predicted octanol–water partition coefficient (Wildman–Crippen LogP) is 3.84. The number of aryl methyl sites for hydroxylation is 1. The molecule has 6 heteroatoms. The van der Waals surface area contributed by atoms with Gasteiger partial charge in [0, 0.05) is 18.2 Å². The second kappa shape index (κ2) is 7.74. The van der Waals surface area contributed by atoms with Crippen molar-refractivity contribution in [2.75, 3.05) is 19.5 Å². The Balaban J connectivity index is 1.75. The Bertz CT molecular complexity index is 918. The molecule has 2 heterocycles. The number of rotatable bonds is 6. The number of carbonyl (C=O) groups excluding carboxylic acids is 1. The van der Waals surface area contributed by atoms with Crippen molar-refractivity contribution >= 4 is 11.7 Å². The molecular weight excluding hydrogens is 332 g/mol. The summed E-state index contributed by atoms with van der Waals surface area (Å²) in [5.74, 6) is 2.49. The zero-order valence-corrected chi connectivity index (χ0v) is 14.9. The minimum absolute atomic E-state index is 0.227. The number of ether oxygens (including phenoxy) is 2. The predicted molar refractivity (Wildman–Crippen MR) is 98.0 cm³/mol. The molecule has 3 aromatic rings. The number of amides is 1. The van der Waals surface area contributed by atoms with Crippen molar-refractivity contribution < 1.29 is 18.7 Å². The Kier molecular flexibility index (Phi) is 5.22. The molecule has 26 heavy (non-hydrogen) atoms. The SMILES string of the molecule is COc1ccc(OC)c(Cc2ccc(C(=O)Nc3cc(C)ccn3)o2)c1. The van der Waals surface area contributed by atoms with Crippen LogP contribution in [0.5, 0.6) is 11.5 Å². The number of aromatic nitrogens is 1. The van der Waals surface area contributed by atoms with Crippen LogP contribution in [0.3, 0.4) is 0 Å². The minimum Gasteiger partial charge on any atom is -0.497 e. The first-order valence-electron chi connectivity index (χ1n) is 8.12. The summed E-state index contributed by atoms with van der Waals surface area (Å²) < 4.78 is 16.3. The van der Waals surface area contributed by atoms with Gasteiger partial charge >= 0.3 is 0 Å². The van der Waals surface area contributed by atoms with Crippen LogP contribution in [0.4, 0.5) is 5.82 Å². The standard InChI is InChI=1S/C20H20N2O4/c1-13-8-9-21-19(10-13)22-20(23)18-7-5-16(26-18)12-14-11-15(24-2)4-6-17(14)25-3/h4-11H,12H2,1-3H3,(H,21,22,23). The molecule has 0 saturated heterocycles. The summed E-state index contributed by atoms with van der Waals surface area (Å²) in [5.41, 5.74) is 1.93. The third-order valence-electron chi connectivity index (χ3n) is 3.89. The second-order valence-corrected chi connectivity index (χ2v) is 5.79. The first-order chi connectivity index (χ1) is 12.6. The highest BCUT2D eigenvalue weighted by Gasteiger charge is 2.14. The quantitative estimate of drug-likeness (QED) is 0.729. The van der Waals surface area contributed by atoms with Gasteiger partial charge in [-0.25, -0.2) is 4.98 Å². The molecule has 1 N–H and O–H groups in total. The van der Waals surface area contributed by atoms with E-state index in [1.54, 1.807) is 38.6 Å². The van der Waals surface area contributed by atoms with Gasteiger partial charge in [-0.2, -0.15) is 0 Å². The molecule has 0 saturated carbocycles. The number of hydrogen-bond acceptors (Lipinski definition) is 5. The third-order valence-corrected chi connectivity index (χ3v) is 3.89. The molecular formula is C20H20N2O4. The number of methoxy groups -OCH3 is 2. The number of benzene rings is 1. The zero-order valence-electron chi connectivity index (χ0n) is 14.9. The van der Waals surface area contributed by atoms with Crippen LogP contribution in [0.25, 0.3) is 0 Å². The Morgan fingerprint density at radius 2 is 1.96 bits per heavy atom. The van der Waals surface area contributed by atoms with Crippen LogP contribution in [0.15, 0.2) is 53.1 Å². The highest BCUT2D eigenvalue weighted by atomic mass is 16.5. The summed E-state index contributed by atoms with van der Waals surface area (Å²) in [6, 6.07) is 12.6. The first kappa shape index (κ1) is 17.5. The Morgan fingerprint density at radius 1 is 1.12 bits per heavy atom. The number of nitrogens with zero attached hydrogens (tertiary/aromatic N) is 1. The summed E-state index contributed by atoms with van der Waals surface area (Å²) in [6.45, 7) is 1.93. The molecule has 0 bridgehead atoms. The fraction of sp³-hybridized carbons (Fsp3) is 0.200. The van der Waals surface area contributed by atoms with E-state index in [9.17, 15) is 4.79 Å². The maximum Gasteiger partial charge on any atom is 0.292 e. The number of hydrogen-bond donors (Lipinski definition) is 1. The van der Waals surface area contributed by atoms with Gasteiger partial charge in [0.25, 0.3) is 5.91 Å². The number of pyridine rings is 1. The Hall–Kier alpha value is -3.28. The van der Waals surface area contributed by atoms with Gasteiger partial charge in [0.05, 0.1) is 14.2 Å². The van der Waals surface area contributed by atoms with Gasteiger partial charge in [0.2, 0.25) is 0 Å². The zero-order chi connectivity index (χ0) is 18.5. The number of anilines is 1. The van der Waals surface area contributed by atoms with Gasteiger partial charge in [-0.1, -0.05) is 0 Å². The van der Waals surface area contributed by atoms with Crippen molar-refractivity contribution in [1.29, 1.82) is 0 Å². The van der Waals surface area contributed by atoms with Crippen LogP contribution in [0.1, 0.15) is 27.4 Å². The van der Waals surface area contributed by atoms with Crippen molar-refractivity contribution in [3.05, 3.63) is 71.3 Å². The van der Waals surface area contributed by atoms with Crippen molar-refractivity contribution in [2.45, 2.75) is 13.3 Å². The molecule has 2 aromatic heterocycles. The van der Waals surface area contributed by atoms with Gasteiger partial charge < -0.3 is 19.2 Å². The average Bonchev–Trinajstić information content (AvgIpc) is 3.10. The van der Waals surface area contributed by atoms with Crippen LogP contribution in [0.2, 0.25) is 0 Å². The van der Waals surface area contributed by atoms with E-state index < -0.39 is 0 Å². The van der Waals surface area contributed by atoms with Crippen molar-refractivity contribution in [1.82, 2.24) is 4.98 Å². The van der Waals surface area contributed by atoms with E-state index in [-0.39, 0.29) is 11.7 Å². The number of carbonyl (C=O) groups is 1. The molecule has 0 atom stereocenters. The lowest BCUT2D eigenvalue weighted by Gasteiger charge is -2.09. The molecule has 0 fully saturated rings. The molecule has 134 valence electrons. The van der Waals surface area contributed by atoms with Gasteiger partial charge in [-0.05, 0) is 55.0 Å². The highest BCUT2D eigenvalue weighted by Crippen LogP contribution is 2.27. The van der Waals surface area contributed by atoms with Crippen molar-refractivity contribution in [3.63, 3.8) is 0 Å². The average molecular weight is 352 g/mol. The molecule has 1 amide bonds. The normalized spacial score (nSPS) is 10.4. The Morgan fingerprint density at radius 3 is 2.69 bits per heavy atom. The number of furan rings is 1. The maximum atomic E-state index is 12.3. The first-order valence-corrected chi connectivity index (χ1v) is 8.12. The van der Waals surface area contributed by atoms with E-state index in [4.69, 9.17) is 13.9 Å². The topological polar surface area (TPSA) is 73.6 Å². The van der Waals surface area contributed by atoms with E-state index in [2.05, 4.69) is 10.3 Å². The van der Waals surface area contributed by atoms with Crippen molar-refractivity contribution in [2.24, 2.45) is 0 Å². The fourth-order valence-corrected chi connectivity index (χ4v) is 2.59. The number of nitrogens with one attached hydrogen (secondary N) is 1. The minimum atomic E-state index is -0.341. The summed E-state index contributed by atoms with van der Waals surface area (Å²) in [4.78, 5) is 16.4. The molecule has 0 radical (unpaired) electrons. The third kappa shape index (κ3) is 4.03. The Labute approximate surface area is 151 Å². The second-order valence-electron chi connectivity index (χ2n) is 5.79. The molecule has 0 aliphatic rings. The van der Waals surface area contributed by atoms with E-state index in [0.717, 1.165) is 22.6 Å². The van der Waals surface area contributed by atoms with Crippen LogP contribution in [-0.2, 0) is 6.42 Å². The summed E-state index contributed by atoms with van der Waals surface area (Å²) >= 11 is 0. The van der Waals surface area contributed by atoms with Crippen LogP contribution >= 0.6 is 0 Å². The molecule has 0 aliphatic carbocycles. The molecule has 3 rings (SSSR count). The molecule has 0 spiro atoms. The van der Waals surface area contributed by atoms with Gasteiger partial charge in [0.1, 0.15) is 23.1 Å². The van der Waals surface area contributed by atoms with Crippen LogP contribution in [-0.4, -0.2) is 25.1 Å². The lowest BCUT2D eigenvalue weighted by Crippen LogP contribution is -2.12. The highest BCUT2D eigenvalue weighted by molar-refractivity contribution is 6.01. The van der Waals surface area contributed by atoms with E-state index in [1.165, 1.54) is 0 Å². The molecule has 6 nitrogen and oxygen atoms in total. The largest absolute Gasteiger partial charge is 0.497 e. The maximum absolute atomic E-state index is 12.3. The monoisotopic (exact) mass is 352 g/mol. The van der Waals surface area contributed by atoms with Crippen LogP contribution in [0, 0.1) is 6.92 Å². The molecule has 1 aromatic carbocycles. The van der Waals surface area contributed by atoms with E-state index in [1.807, 2.05) is 31.2 Å². The summed E-state index contributed by atoms with van der Waals surface area (Å²) in [5, 5.41) is 2.73. The van der Waals surface area contributed by atoms with Gasteiger partial charge in [0.15, 0.2) is 5.76 Å². The van der Waals surface area contributed by atoms with Crippen molar-refractivity contribution in [3.8, 4) is 11.5 Å². The molecule has 0 unspecified atom stereocenters. The van der Waals surface area contributed by atoms with E-state index in [0.29, 0.717) is 18.0 Å². The van der Waals surface area contributed by atoms with Gasteiger partial charge in [-0.3, -0.25) is 4.79 Å². The van der Waals surface area contributed by atoms with Crippen LogP contribution < -0.4 is 14.8 Å². The molecule has 0 aliphatic heterocycles.